The van der Waals surface area contributed by atoms with E-state index in [1.807, 2.05) is 30.5 Å². The Hall–Kier alpha value is -2.05. The second-order valence-electron chi connectivity index (χ2n) is 5.99. The third-order valence-electron chi connectivity index (χ3n) is 4.31. The Bertz CT molecular complexity index is 715. The topological polar surface area (TPSA) is 35.6 Å². The Morgan fingerprint density at radius 1 is 1.08 bits per heavy atom. The van der Waals surface area contributed by atoms with Crippen LogP contribution >= 0.6 is 11.8 Å². The second kappa shape index (κ2) is 8.36. The predicted molar refractivity (Wildman–Crippen MR) is 102 cm³/mol. The minimum absolute atomic E-state index is 0.0109. The van der Waals surface area contributed by atoms with E-state index in [9.17, 15) is 9.18 Å². The monoisotopic (exact) mass is 359 g/mol. The van der Waals surface area contributed by atoms with Crippen molar-refractivity contribution in [2.45, 2.75) is 4.90 Å². The van der Waals surface area contributed by atoms with Crippen LogP contribution in [0.15, 0.2) is 53.4 Å². The van der Waals surface area contributed by atoms with Crippen molar-refractivity contribution in [2.24, 2.45) is 0 Å². The zero-order chi connectivity index (χ0) is 17.6. The standard InChI is InChI=1S/C19H22FN3OS/c1-25-18-5-3-2-4-17(18)21-19(24)14-22-10-12-23(13-11-22)16-8-6-15(20)7-9-16/h2-9H,10-14H2,1H3,(H,21,24). The van der Waals surface area contributed by atoms with Gasteiger partial charge < -0.3 is 10.2 Å². The van der Waals surface area contributed by atoms with Crippen LogP contribution in [0.5, 0.6) is 0 Å². The molecule has 2 aromatic rings. The third kappa shape index (κ3) is 4.74. The van der Waals surface area contributed by atoms with Crippen molar-refractivity contribution in [3.8, 4) is 0 Å². The number of hydrogen-bond donors (Lipinski definition) is 1. The lowest BCUT2D eigenvalue weighted by Crippen LogP contribution is -2.48. The Morgan fingerprint density at radius 2 is 1.76 bits per heavy atom. The summed E-state index contributed by atoms with van der Waals surface area (Å²) in [6.45, 7) is 3.69. The van der Waals surface area contributed by atoms with Crippen molar-refractivity contribution < 1.29 is 9.18 Å². The zero-order valence-electron chi connectivity index (χ0n) is 14.2. The molecule has 0 spiro atoms. The first-order chi connectivity index (χ1) is 12.2. The number of halogens is 1. The Labute approximate surface area is 152 Å². The Morgan fingerprint density at radius 3 is 2.44 bits per heavy atom. The molecule has 0 unspecified atom stereocenters. The number of nitrogens with zero attached hydrogens (tertiary/aromatic N) is 2. The van der Waals surface area contributed by atoms with Gasteiger partial charge in [-0.15, -0.1) is 11.8 Å². The van der Waals surface area contributed by atoms with Gasteiger partial charge >= 0.3 is 0 Å². The number of carbonyl (C=O) groups excluding carboxylic acids is 1. The molecule has 1 fully saturated rings. The van der Waals surface area contributed by atoms with Gasteiger partial charge in [-0.25, -0.2) is 4.39 Å². The van der Waals surface area contributed by atoms with Gasteiger partial charge in [0.15, 0.2) is 0 Å². The van der Waals surface area contributed by atoms with Crippen LogP contribution in [0.2, 0.25) is 0 Å². The van der Waals surface area contributed by atoms with E-state index in [2.05, 4.69) is 15.1 Å². The SMILES string of the molecule is CSc1ccccc1NC(=O)CN1CCN(c2ccc(F)cc2)CC1. The maximum Gasteiger partial charge on any atom is 0.238 e. The van der Waals surface area contributed by atoms with Crippen LogP contribution in [-0.2, 0) is 4.79 Å². The first-order valence-corrected chi connectivity index (χ1v) is 9.54. The maximum atomic E-state index is 13.0. The summed E-state index contributed by atoms with van der Waals surface area (Å²) >= 11 is 1.62. The van der Waals surface area contributed by atoms with Crippen molar-refractivity contribution in [2.75, 3.05) is 49.2 Å². The van der Waals surface area contributed by atoms with Gasteiger partial charge in [0.1, 0.15) is 5.82 Å². The van der Waals surface area contributed by atoms with E-state index in [4.69, 9.17) is 0 Å². The highest BCUT2D eigenvalue weighted by Crippen LogP contribution is 2.24. The maximum absolute atomic E-state index is 13.0. The first-order valence-electron chi connectivity index (χ1n) is 8.31. The molecular weight excluding hydrogens is 337 g/mol. The van der Waals surface area contributed by atoms with E-state index in [-0.39, 0.29) is 11.7 Å². The van der Waals surface area contributed by atoms with Gasteiger partial charge in [-0.05, 0) is 42.7 Å². The van der Waals surface area contributed by atoms with E-state index in [1.54, 1.807) is 23.9 Å². The molecule has 0 aromatic heterocycles. The largest absolute Gasteiger partial charge is 0.369 e. The normalized spacial score (nSPS) is 15.2. The highest BCUT2D eigenvalue weighted by molar-refractivity contribution is 7.98. The van der Waals surface area contributed by atoms with Crippen molar-refractivity contribution in [3.63, 3.8) is 0 Å². The number of rotatable bonds is 5. The van der Waals surface area contributed by atoms with Gasteiger partial charge in [-0.3, -0.25) is 9.69 Å². The molecule has 2 aromatic carbocycles. The Balaban J connectivity index is 1.50. The van der Waals surface area contributed by atoms with Gasteiger partial charge in [0.25, 0.3) is 0 Å². The molecule has 1 aliphatic heterocycles. The summed E-state index contributed by atoms with van der Waals surface area (Å²) in [6.07, 6.45) is 2.00. The van der Waals surface area contributed by atoms with Crippen LogP contribution < -0.4 is 10.2 Å². The molecule has 1 heterocycles. The number of hydrogen-bond acceptors (Lipinski definition) is 4. The number of para-hydroxylation sites is 1. The second-order valence-corrected chi connectivity index (χ2v) is 6.84. The van der Waals surface area contributed by atoms with E-state index in [0.717, 1.165) is 42.4 Å². The van der Waals surface area contributed by atoms with Gasteiger partial charge in [-0.1, -0.05) is 12.1 Å². The number of carbonyl (C=O) groups is 1. The summed E-state index contributed by atoms with van der Waals surface area (Å²) in [5.41, 5.74) is 1.89. The lowest BCUT2D eigenvalue weighted by atomic mass is 10.2. The summed E-state index contributed by atoms with van der Waals surface area (Å²) < 4.78 is 13.0. The van der Waals surface area contributed by atoms with Crippen molar-refractivity contribution in [1.82, 2.24) is 4.90 Å². The van der Waals surface area contributed by atoms with Gasteiger partial charge in [-0.2, -0.15) is 0 Å². The molecule has 3 rings (SSSR count). The number of thioether (sulfide) groups is 1. The molecule has 0 atom stereocenters. The van der Waals surface area contributed by atoms with E-state index < -0.39 is 0 Å². The average molecular weight is 359 g/mol. The summed E-state index contributed by atoms with van der Waals surface area (Å²) in [5.74, 6) is -0.207. The third-order valence-corrected chi connectivity index (χ3v) is 5.11. The minimum Gasteiger partial charge on any atom is -0.369 e. The number of amides is 1. The fraction of sp³-hybridized carbons (Fsp3) is 0.316. The van der Waals surface area contributed by atoms with E-state index >= 15 is 0 Å². The molecule has 25 heavy (non-hydrogen) atoms. The molecule has 1 saturated heterocycles. The van der Waals surface area contributed by atoms with Gasteiger partial charge in [0.05, 0.1) is 12.2 Å². The molecule has 1 amide bonds. The Kier molecular flexibility index (Phi) is 5.94. The molecular formula is C19H22FN3OS. The summed E-state index contributed by atoms with van der Waals surface area (Å²) in [4.78, 5) is 17.8. The highest BCUT2D eigenvalue weighted by atomic mass is 32.2. The number of nitrogens with one attached hydrogen (secondary N) is 1. The number of benzene rings is 2. The van der Waals surface area contributed by atoms with Crippen LogP contribution in [0.1, 0.15) is 0 Å². The lowest BCUT2D eigenvalue weighted by molar-refractivity contribution is -0.117. The quantitative estimate of drug-likeness (QED) is 0.831. The fourth-order valence-corrected chi connectivity index (χ4v) is 3.51. The van der Waals surface area contributed by atoms with Crippen LogP contribution in [0.25, 0.3) is 0 Å². The van der Waals surface area contributed by atoms with Crippen molar-refractivity contribution in [3.05, 3.63) is 54.3 Å². The molecule has 1 aliphatic rings. The first kappa shape index (κ1) is 17.8. The van der Waals surface area contributed by atoms with Crippen LogP contribution in [0.3, 0.4) is 0 Å². The van der Waals surface area contributed by atoms with Crippen LogP contribution in [-0.4, -0.2) is 49.8 Å². The summed E-state index contributed by atoms with van der Waals surface area (Å²) in [7, 11) is 0. The van der Waals surface area contributed by atoms with Crippen LogP contribution in [0, 0.1) is 5.82 Å². The molecule has 1 N–H and O–H groups in total. The highest BCUT2D eigenvalue weighted by Gasteiger charge is 2.19. The molecule has 0 bridgehead atoms. The molecule has 0 radical (unpaired) electrons. The minimum atomic E-state index is -0.218. The van der Waals surface area contributed by atoms with E-state index in [0.29, 0.717) is 6.54 Å². The molecule has 4 nitrogen and oxygen atoms in total. The summed E-state index contributed by atoms with van der Waals surface area (Å²) in [5, 5.41) is 3.00. The number of piperazine rings is 1. The van der Waals surface area contributed by atoms with Crippen molar-refractivity contribution >= 4 is 29.0 Å². The predicted octanol–water partition coefficient (Wildman–Crippen LogP) is 3.31. The molecule has 132 valence electrons. The molecule has 0 saturated carbocycles. The number of anilines is 2. The molecule has 0 aliphatic carbocycles. The average Bonchev–Trinajstić information content (AvgIpc) is 2.63. The van der Waals surface area contributed by atoms with Gasteiger partial charge in [0.2, 0.25) is 5.91 Å². The van der Waals surface area contributed by atoms with E-state index in [1.165, 1.54) is 12.1 Å². The lowest BCUT2D eigenvalue weighted by Gasteiger charge is -2.35. The van der Waals surface area contributed by atoms with Gasteiger partial charge in [0, 0.05) is 36.8 Å². The van der Waals surface area contributed by atoms with Crippen molar-refractivity contribution in [1.29, 1.82) is 0 Å². The smallest absolute Gasteiger partial charge is 0.238 e. The van der Waals surface area contributed by atoms with Crippen LogP contribution in [0.4, 0.5) is 15.8 Å². The zero-order valence-corrected chi connectivity index (χ0v) is 15.1. The molecule has 6 heteroatoms. The fourth-order valence-electron chi connectivity index (χ4n) is 2.96. The summed E-state index contributed by atoms with van der Waals surface area (Å²) in [6, 6.07) is 14.4.